The molecule has 2 aliphatic rings. The fraction of sp³-hybridized carbons (Fsp3) is 0.450. The van der Waals surface area contributed by atoms with Crippen LogP contribution >= 0.6 is 0 Å². The van der Waals surface area contributed by atoms with Crippen molar-refractivity contribution in [2.24, 2.45) is 0 Å². The van der Waals surface area contributed by atoms with Crippen molar-refractivity contribution in [3.63, 3.8) is 0 Å². The Kier molecular flexibility index (Phi) is 4.59. The zero-order valence-electron chi connectivity index (χ0n) is 15.1. The Morgan fingerprint density at radius 1 is 1.15 bits per heavy atom. The fourth-order valence-corrected chi connectivity index (χ4v) is 4.03. The molecule has 0 radical (unpaired) electrons. The van der Waals surface area contributed by atoms with E-state index < -0.39 is 0 Å². The minimum atomic E-state index is -0.132. The van der Waals surface area contributed by atoms with Crippen LogP contribution in [-0.4, -0.2) is 39.5 Å². The Balaban J connectivity index is 1.56. The first kappa shape index (κ1) is 17.0. The Bertz CT molecular complexity index is 862. The molecule has 0 aliphatic carbocycles. The van der Waals surface area contributed by atoms with Gasteiger partial charge >= 0.3 is 0 Å². The molecule has 1 amide bonds. The number of aromatic nitrogens is 2. The van der Waals surface area contributed by atoms with Crippen LogP contribution in [0.2, 0.25) is 0 Å². The molecule has 4 rings (SSSR count). The van der Waals surface area contributed by atoms with Gasteiger partial charge in [0.2, 0.25) is 5.91 Å². The lowest BCUT2D eigenvalue weighted by atomic mass is 9.98. The number of benzene rings is 1. The number of carbonyl (C=O) groups excluding carboxylic acids is 1. The number of para-hydroxylation sites is 1. The molecule has 0 spiro atoms. The van der Waals surface area contributed by atoms with Crippen LogP contribution in [0.5, 0.6) is 0 Å². The number of amides is 1. The van der Waals surface area contributed by atoms with E-state index in [-0.39, 0.29) is 17.5 Å². The lowest BCUT2D eigenvalue weighted by Gasteiger charge is -2.40. The molecule has 0 N–H and O–H groups in total. The van der Waals surface area contributed by atoms with Crippen LogP contribution in [0, 0.1) is 0 Å². The van der Waals surface area contributed by atoms with Gasteiger partial charge in [-0.05, 0) is 38.3 Å². The van der Waals surface area contributed by atoms with Gasteiger partial charge in [-0.25, -0.2) is 4.98 Å². The summed E-state index contributed by atoms with van der Waals surface area (Å²) in [5, 5.41) is 0. The van der Waals surface area contributed by atoms with Crippen LogP contribution in [0.3, 0.4) is 0 Å². The SMILES string of the molecule is CCn1cnc2c(c1=O)CCN([C@@H]1CCCN(c3ccccc3)C1=O)C2. The summed E-state index contributed by atoms with van der Waals surface area (Å²) < 4.78 is 1.65. The molecule has 0 bridgehead atoms. The van der Waals surface area contributed by atoms with Crippen molar-refractivity contribution in [3.8, 4) is 0 Å². The number of hydrogen-bond donors (Lipinski definition) is 0. The second-order valence-electron chi connectivity index (χ2n) is 6.96. The average molecular weight is 352 g/mol. The van der Waals surface area contributed by atoms with Crippen molar-refractivity contribution < 1.29 is 4.79 Å². The van der Waals surface area contributed by atoms with E-state index in [1.165, 1.54) is 0 Å². The highest BCUT2D eigenvalue weighted by molar-refractivity contribution is 5.97. The van der Waals surface area contributed by atoms with Crippen LogP contribution in [0.4, 0.5) is 5.69 Å². The molecule has 26 heavy (non-hydrogen) atoms. The molecule has 2 aromatic rings. The highest BCUT2D eigenvalue weighted by Gasteiger charge is 2.36. The molecule has 3 heterocycles. The van der Waals surface area contributed by atoms with Gasteiger partial charge in [-0.1, -0.05) is 18.2 Å². The molecule has 1 atom stereocenters. The summed E-state index contributed by atoms with van der Waals surface area (Å²) in [4.78, 5) is 34.1. The van der Waals surface area contributed by atoms with Gasteiger partial charge in [0.1, 0.15) is 0 Å². The van der Waals surface area contributed by atoms with E-state index in [0.717, 1.165) is 42.9 Å². The molecular formula is C20H24N4O2. The summed E-state index contributed by atoms with van der Waals surface area (Å²) >= 11 is 0. The summed E-state index contributed by atoms with van der Waals surface area (Å²) in [6.45, 7) is 4.66. The van der Waals surface area contributed by atoms with E-state index in [9.17, 15) is 9.59 Å². The number of aryl methyl sites for hydroxylation is 1. The number of fused-ring (bicyclic) bond motifs is 1. The monoisotopic (exact) mass is 352 g/mol. The smallest absolute Gasteiger partial charge is 0.256 e. The van der Waals surface area contributed by atoms with Gasteiger partial charge in [-0.3, -0.25) is 19.1 Å². The Morgan fingerprint density at radius 3 is 2.73 bits per heavy atom. The summed E-state index contributed by atoms with van der Waals surface area (Å²) in [7, 11) is 0. The van der Waals surface area contributed by atoms with E-state index in [4.69, 9.17) is 0 Å². The van der Waals surface area contributed by atoms with Gasteiger partial charge in [-0.2, -0.15) is 0 Å². The van der Waals surface area contributed by atoms with Crippen LogP contribution in [0.25, 0.3) is 0 Å². The molecule has 0 unspecified atom stereocenters. The van der Waals surface area contributed by atoms with E-state index in [1.807, 2.05) is 42.2 Å². The number of carbonyl (C=O) groups is 1. The topological polar surface area (TPSA) is 58.4 Å². The maximum atomic E-state index is 13.1. The van der Waals surface area contributed by atoms with E-state index in [1.54, 1.807) is 10.9 Å². The quantitative estimate of drug-likeness (QED) is 0.845. The van der Waals surface area contributed by atoms with Crippen LogP contribution in [-0.2, 0) is 24.3 Å². The summed E-state index contributed by atoms with van der Waals surface area (Å²) in [6, 6.07) is 9.73. The van der Waals surface area contributed by atoms with Gasteiger partial charge in [0, 0.05) is 37.4 Å². The number of nitrogens with zero attached hydrogens (tertiary/aromatic N) is 4. The summed E-state index contributed by atoms with van der Waals surface area (Å²) in [5.41, 5.74) is 2.67. The maximum absolute atomic E-state index is 13.1. The first-order valence-corrected chi connectivity index (χ1v) is 9.36. The van der Waals surface area contributed by atoms with Crippen molar-refractivity contribution in [3.05, 3.63) is 58.3 Å². The number of anilines is 1. The van der Waals surface area contributed by atoms with E-state index in [2.05, 4.69) is 9.88 Å². The van der Waals surface area contributed by atoms with Gasteiger partial charge in [-0.15, -0.1) is 0 Å². The number of hydrogen-bond acceptors (Lipinski definition) is 4. The van der Waals surface area contributed by atoms with E-state index in [0.29, 0.717) is 19.5 Å². The number of piperidine rings is 1. The third-order valence-electron chi connectivity index (χ3n) is 5.48. The molecular weight excluding hydrogens is 328 g/mol. The van der Waals surface area contributed by atoms with Crippen LogP contribution in [0.15, 0.2) is 41.5 Å². The highest BCUT2D eigenvalue weighted by Crippen LogP contribution is 2.26. The molecule has 1 saturated heterocycles. The molecule has 0 saturated carbocycles. The van der Waals surface area contributed by atoms with Gasteiger partial charge in [0.15, 0.2) is 0 Å². The van der Waals surface area contributed by atoms with Gasteiger partial charge in [0.05, 0.1) is 18.1 Å². The van der Waals surface area contributed by atoms with E-state index >= 15 is 0 Å². The Hall–Kier alpha value is -2.47. The van der Waals surface area contributed by atoms with Crippen molar-refractivity contribution in [2.75, 3.05) is 18.0 Å². The van der Waals surface area contributed by atoms with Crippen molar-refractivity contribution >= 4 is 11.6 Å². The summed E-state index contributed by atoms with van der Waals surface area (Å²) in [6.07, 6.45) is 4.14. The fourth-order valence-electron chi connectivity index (χ4n) is 4.03. The lowest BCUT2D eigenvalue weighted by Crippen LogP contribution is -2.54. The standard InChI is InChI=1S/C20H24N4O2/c1-2-22-14-21-17-13-23(12-10-16(17)19(22)25)18-9-6-11-24(20(18)26)15-7-4-3-5-8-15/h3-5,7-8,14,18H,2,6,9-13H2,1H3/t18-/m1/s1. The van der Waals surface area contributed by atoms with Crippen molar-refractivity contribution in [1.29, 1.82) is 0 Å². The normalized spacial score (nSPS) is 20.9. The predicted octanol–water partition coefficient (Wildman–Crippen LogP) is 1.82. The molecule has 2 aliphatic heterocycles. The third kappa shape index (κ3) is 2.94. The molecule has 6 heteroatoms. The Morgan fingerprint density at radius 2 is 1.96 bits per heavy atom. The van der Waals surface area contributed by atoms with Crippen molar-refractivity contribution in [1.82, 2.24) is 14.5 Å². The highest BCUT2D eigenvalue weighted by atomic mass is 16.2. The van der Waals surface area contributed by atoms with Crippen LogP contribution in [0.1, 0.15) is 31.0 Å². The second-order valence-corrected chi connectivity index (χ2v) is 6.96. The predicted molar refractivity (Wildman–Crippen MR) is 100 cm³/mol. The zero-order valence-corrected chi connectivity index (χ0v) is 15.1. The minimum Gasteiger partial charge on any atom is -0.311 e. The molecule has 1 aromatic heterocycles. The molecule has 136 valence electrons. The molecule has 1 aromatic carbocycles. The third-order valence-corrected chi connectivity index (χ3v) is 5.48. The van der Waals surface area contributed by atoms with Crippen LogP contribution < -0.4 is 10.5 Å². The lowest BCUT2D eigenvalue weighted by molar-refractivity contribution is -0.125. The minimum absolute atomic E-state index is 0.0676. The molecule has 6 nitrogen and oxygen atoms in total. The first-order valence-electron chi connectivity index (χ1n) is 9.36. The Labute approximate surface area is 153 Å². The van der Waals surface area contributed by atoms with Gasteiger partial charge < -0.3 is 4.90 Å². The molecule has 1 fully saturated rings. The number of rotatable bonds is 3. The first-order chi connectivity index (χ1) is 12.7. The zero-order chi connectivity index (χ0) is 18.1. The van der Waals surface area contributed by atoms with Gasteiger partial charge in [0.25, 0.3) is 5.56 Å². The summed E-state index contributed by atoms with van der Waals surface area (Å²) in [5.74, 6) is 0.160. The largest absolute Gasteiger partial charge is 0.311 e. The maximum Gasteiger partial charge on any atom is 0.256 e. The second kappa shape index (κ2) is 7.03. The average Bonchev–Trinajstić information content (AvgIpc) is 2.69. The van der Waals surface area contributed by atoms with Crippen molar-refractivity contribution in [2.45, 2.75) is 45.3 Å².